The van der Waals surface area contributed by atoms with Crippen molar-refractivity contribution in [3.05, 3.63) is 40.5 Å². The normalized spacial score (nSPS) is 16.3. The van der Waals surface area contributed by atoms with Crippen LogP contribution in [0.4, 0.5) is 0 Å². The minimum Gasteiger partial charge on any atom is -0.508 e. The average molecular weight is 398 g/mol. The molecule has 2 aliphatic rings. The summed E-state index contributed by atoms with van der Waals surface area (Å²) in [6.07, 6.45) is 2.17. The Kier molecular flexibility index (Phi) is 4.34. The van der Waals surface area contributed by atoms with Crippen LogP contribution in [0.3, 0.4) is 0 Å². The van der Waals surface area contributed by atoms with E-state index in [-0.39, 0.29) is 34.3 Å². The summed E-state index contributed by atoms with van der Waals surface area (Å²) in [4.78, 5) is 24.8. The van der Waals surface area contributed by atoms with Gasteiger partial charge in [-0.3, -0.25) is 0 Å². The number of hydrogen-bond acceptors (Lipinski definition) is 8. The number of hydrogen-bond donors (Lipinski definition) is 1. The molecule has 0 bridgehead atoms. The highest BCUT2D eigenvalue weighted by atomic mass is 16.6. The van der Waals surface area contributed by atoms with Gasteiger partial charge in [-0.15, -0.1) is 0 Å². The van der Waals surface area contributed by atoms with Crippen molar-refractivity contribution in [1.82, 2.24) is 0 Å². The molecule has 2 heterocycles. The Hall–Kier alpha value is -3.68. The fraction of sp³-hybridized carbons (Fsp3) is 0.238. The van der Waals surface area contributed by atoms with Gasteiger partial charge in [0, 0.05) is 11.6 Å². The quantitative estimate of drug-likeness (QED) is 0.608. The number of phenolic OH excluding ortho intramolecular Hbond substituents is 1. The molecule has 2 aromatic carbocycles. The van der Waals surface area contributed by atoms with E-state index in [0.29, 0.717) is 22.4 Å². The number of ether oxygens (including phenoxy) is 5. The van der Waals surface area contributed by atoms with Gasteiger partial charge < -0.3 is 28.8 Å². The van der Waals surface area contributed by atoms with Gasteiger partial charge in [-0.1, -0.05) is 0 Å². The molecule has 8 nitrogen and oxygen atoms in total. The van der Waals surface area contributed by atoms with Crippen molar-refractivity contribution in [3.8, 4) is 34.5 Å². The molecule has 8 heteroatoms. The number of aryl methyl sites for hydroxylation is 1. The minimum absolute atomic E-state index is 0.0518. The smallest absolute Gasteiger partial charge is 0.351 e. The Morgan fingerprint density at radius 3 is 2.55 bits per heavy atom. The van der Waals surface area contributed by atoms with E-state index >= 15 is 0 Å². The number of carbonyl (C=O) groups excluding carboxylic acids is 2. The third-order valence-corrected chi connectivity index (χ3v) is 4.79. The third kappa shape index (κ3) is 2.84. The number of fused-ring (bicyclic) bond motifs is 4. The lowest BCUT2D eigenvalue weighted by molar-refractivity contribution is -0.146. The second-order valence-electron chi connectivity index (χ2n) is 6.61. The molecule has 0 saturated heterocycles. The fourth-order valence-corrected chi connectivity index (χ4v) is 3.46. The summed E-state index contributed by atoms with van der Waals surface area (Å²) < 4.78 is 27.6. The molecule has 0 saturated carbocycles. The Labute approximate surface area is 166 Å². The maximum atomic E-state index is 12.9. The number of benzene rings is 2. The summed E-state index contributed by atoms with van der Waals surface area (Å²) in [7, 11) is 2.70. The maximum absolute atomic E-state index is 12.9. The summed E-state index contributed by atoms with van der Waals surface area (Å²) >= 11 is 0. The van der Waals surface area contributed by atoms with Crippen molar-refractivity contribution in [2.45, 2.75) is 20.0 Å². The monoisotopic (exact) mass is 398 g/mol. The molecule has 1 atom stereocenters. The van der Waals surface area contributed by atoms with Gasteiger partial charge in [0.05, 0.1) is 19.8 Å². The largest absolute Gasteiger partial charge is 0.508 e. The summed E-state index contributed by atoms with van der Waals surface area (Å²) in [6, 6.07) is 2.81. The minimum atomic E-state index is -0.956. The van der Waals surface area contributed by atoms with Gasteiger partial charge >= 0.3 is 11.9 Å². The highest BCUT2D eigenvalue weighted by Crippen LogP contribution is 2.51. The van der Waals surface area contributed by atoms with Crippen LogP contribution in [0.25, 0.3) is 6.08 Å². The Balaban J connectivity index is 1.96. The molecular weight excluding hydrogens is 380 g/mol. The van der Waals surface area contributed by atoms with E-state index in [2.05, 4.69) is 0 Å². The van der Waals surface area contributed by atoms with Gasteiger partial charge in [-0.2, -0.15) is 0 Å². The van der Waals surface area contributed by atoms with Crippen LogP contribution in [0.2, 0.25) is 0 Å². The van der Waals surface area contributed by atoms with Crippen LogP contribution in [-0.2, 0) is 9.53 Å². The summed E-state index contributed by atoms with van der Waals surface area (Å²) in [5, 5.41) is 9.86. The number of aromatic hydroxyl groups is 1. The van der Waals surface area contributed by atoms with Crippen molar-refractivity contribution in [2.24, 2.45) is 0 Å². The first-order valence-corrected chi connectivity index (χ1v) is 8.76. The van der Waals surface area contributed by atoms with Gasteiger partial charge in [0.25, 0.3) is 0 Å². The molecule has 0 amide bonds. The molecule has 0 spiro atoms. The zero-order valence-corrected chi connectivity index (χ0v) is 16.2. The van der Waals surface area contributed by atoms with Gasteiger partial charge in [0.2, 0.25) is 6.10 Å². The number of carbonyl (C=O) groups is 2. The van der Waals surface area contributed by atoms with Gasteiger partial charge in [0.1, 0.15) is 11.3 Å². The zero-order chi connectivity index (χ0) is 20.9. The predicted molar refractivity (Wildman–Crippen MR) is 101 cm³/mol. The molecule has 4 rings (SSSR count). The predicted octanol–water partition coefficient (Wildman–Crippen LogP) is 3.29. The van der Waals surface area contributed by atoms with E-state index in [9.17, 15) is 14.7 Å². The van der Waals surface area contributed by atoms with Crippen LogP contribution >= 0.6 is 0 Å². The molecule has 150 valence electrons. The van der Waals surface area contributed by atoms with Crippen LogP contribution in [-0.4, -0.2) is 37.4 Å². The Morgan fingerprint density at radius 1 is 1.10 bits per heavy atom. The van der Waals surface area contributed by atoms with Crippen molar-refractivity contribution >= 4 is 18.0 Å². The topological polar surface area (TPSA) is 101 Å². The lowest BCUT2D eigenvalue weighted by Gasteiger charge is -2.25. The highest BCUT2D eigenvalue weighted by Gasteiger charge is 2.36. The molecule has 2 aromatic rings. The number of rotatable bonds is 2. The molecule has 1 N–H and O–H groups in total. The first-order chi connectivity index (χ1) is 13.8. The van der Waals surface area contributed by atoms with E-state index < -0.39 is 18.0 Å². The Morgan fingerprint density at radius 2 is 1.86 bits per heavy atom. The van der Waals surface area contributed by atoms with Crippen LogP contribution in [0.5, 0.6) is 34.5 Å². The first-order valence-electron chi connectivity index (χ1n) is 8.76. The Bertz CT molecular complexity index is 1080. The van der Waals surface area contributed by atoms with E-state index in [1.54, 1.807) is 19.9 Å². The average Bonchev–Trinajstić information content (AvgIpc) is 2.83. The molecule has 29 heavy (non-hydrogen) atoms. The summed E-state index contributed by atoms with van der Waals surface area (Å²) in [5.74, 6) is -0.129. The zero-order valence-electron chi connectivity index (χ0n) is 16.2. The van der Waals surface area contributed by atoms with Crippen LogP contribution in [0, 0.1) is 13.8 Å². The SMILES string of the molecule is COC(=O)[C@@H]1C=Cc2c(c(OC)c(C)c3c2Oc2c(C)cc(O)cc2OC3=O)O1. The van der Waals surface area contributed by atoms with Gasteiger partial charge in [0.15, 0.2) is 28.7 Å². The lowest BCUT2D eigenvalue weighted by Crippen LogP contribution is -2.29. The van der Waals surface area contributed by atoms with Crippen molar-refractivity contribution in [3.63, 3.8) is 0 Å². The second-order valence-corrected chi connectivity index (χ2v) is 6.61. The molecule has 0 aromatic heterocycles. The summed E-state index contributed by atoms with van der Waals surface area (Å²) in [6.45, 7) is 3.39. The second kappa shape index (κ2) is 6.73. The molecule has 2 aliphatic heterocycles. The molecular formula is C21H18O8. The van der Waals surface area contributed by atoms with Crippen LogP contribution in [0.1, 0.15) is 27.0 Å². The number of methoxy groups -OCH3 is 2. The van der Waals surface area contributed by atoms with Crippen LogP contribution < -0.4 is 18.9 Å². The van der Waals surface area contributed by atoms with Crippen molar-refractivity contribution in [2.75, 3.05) is 14.2 Å². The molecule has 0 aliphatic carbocycles. The molecule has 0 unspecified atom stereocenters. The van der Waals surface area contributed by atoms with Crippen molar-refractivity contribution in [1.29, 1.82) is 0 Å². The standard InChI is InChI=1S/C21H18O8/c1-9-7-11(22)8-14-16(9)29-18-12-5-6-13(20(23)26-4)27-19(12)17(25-3)10(2)15(18)21(24)28-14/h5-8,13,22H,1-4H3/t13-/m0/s1. The maximum Gasteiger partial charge on any atom is 0.351 e. The van der Waals surface area contributed by atoms with Gasteiger partial charge in [-0.05, 0) is 37.6 Å². The molecule has 0 fully saturated rings. The van der Waals surface area contributed by atoms with E-state index in [4.69, 9.17) is 23.7 Å². The number of esters is 2. The highest BCUT2D eigenvalue weighted by molar-refractivity contribution is 6.01. The van der Waals surface area contributed by atoms with E-state index in [0.717, 1.165) is 0 Å². The lowest BCUT2D eigenvalue weighted by atomic mass is 9.98. The molecule has 0 radical (unpaired) electrons. The summed E-state index contributed by atoms with van der Waals surface area (Å²) in [5.41, 5.74) is 1.61. The number of phenols is 1. The van der Waals surface area contributed by atoms with Crippen LogP contribution in [0.15, 0.2) is 18.2 Å². The van der Waals surface area contributed by atoms with Gasteiger partial charge in [-0.25, -0.2) is 9.59 Å². The van der Waals surface area contributed by atoms with E-state index in [1.807, 2.05) is 0 Å². The third-order valence-electron chi connectivity index (χ3n) is 4.79. The van der Waals surface area contributed by atoms with E-state index in [1.165, 1.54) is 32.4 Å². The fourth-order valence-electron chi connectivity index (χ4n) is 3.46. The first kappa shape index (κ1) is 18.7. The van der Waals surface area contributed by atoms with Crippen molar-refractivity contribution < 1.29 is 38.4 Å².